The van der Waals surface area contributed by atoms with Gasteiger partial charge < -0.3 is 4.90 Å². The summed E-state index contributed by atoms with van der Waals surface area (Å²) in [5, 5.41) is 0.507. The van der Waals surface area contributed by atoms with Crippen molar-refractivity contribution in [1.82, 2.24) is 9.88 Å². The van der Waals surface area contributed by atoms with E-state index in [4.69, 9.17) is 0 Å². The minimum Gasteiger partial charge on any atom is -0.338 e. The zero-order valence-corrected chi connectivity index (χ0v) is 11.4. The largest absolute Gasteiger partial charge is 0.338 e. The van der Waals surface area contributed by atoms with E-state index < -0.39 is 5.95 Å². The molecule has 1 heterocycles. The second kappa shape index (κ2) is 5.69. The van der Waals surface area contributed by atoms with Gasteiger partial charge in [0.15, 0.2) is 0 Å². The van der Waals surface area contributed by atoms with Crippen LogP contribution in [0.2, 0.25) is 0 Å². The molecule has 2 rings (SSSR count). The van der Waals surface area contributed by atoms with E-state index in [9.17, 15) is 9.18 Å². The first kappa shape index (κ1) is 13.3. The Kier molecular flexibility index (Phi) is 4.22. The Labute approximate surface area is 111 Å². The van der Waals surface area contributed by atoms with Crippen molar-refractivity contribution in [3.05, 3.63) is 29.8 Å². The normalized spacial score (nSPS) is 23.1. The summed E-state index contributed by atoms with van der Waals surface area (Å²) in [6.45, 7) is 0. The Morgan fingerprint density at radius 2 is 2.28 bits per heavy atom. The van der Waals surface area contributed by atoms with Gasteiger partial charge in [-0.25, -0.2) is 4.98 Å². The highest BCUT2D eigenvalue weighted by atomic mass is 32.2. The summed E-state index contributed by atoms with van der Waals surface area (Å²) in [4.78, 5) is 17.6. The maximum absolute atomic E-state index is 12.7. The lowest BCUT2D eigenvalue weighted by Crippen LogP contribution is -2.40. The maximum atomic E-state index is 12.7. The van der Waals surface area contributed by atoms with Crippen LogP contribution in [0.5, 0.6) is 0 Å². The second-order valence-corrected chi connectivity index (χ2v) is 5.63. The monoisotopic (exact) mass is 268 g/mol. The third-order valence-corrected chi connectivity index (χ3v) is 4.67. The van der Waals surface area contributed by atoms with E-state index in [1.54, 1.807) is 4.90 Å². The fraction of sp³-hybridized carbons (Fsp3) is 0.538. The van der Waals surface area contributed by atoms with Crippen molar-refractivity contribution < 1.29 is 9.18 Å². The van der Waals surface area contributed by atoms with Crippen molar-refractivity contribution in [3.8, 4) is 0 Å². The molecule has 1 aliphatic carbocycles. The molecule has 0 spiro atoms. The van der Waals surface area contributed by atoms with E-state index in [0.29, 0.717) is 10.8 Å². The molecule has 1 saturated carbocycles. The van der Waals surface area contributed by atoms with Crippen LogP contribution in [0.4, 0.5) is 4.39 Å². The molecule has 18 heavy (non-hydrogen) atoms. The lowest BCUT2D eigenvalue weighted by atomic mass is 10.2. The van der Waals surface area contributed by atoms with Gasteiger partial charge >= 0.3 is 0 Å². The number of aromatic nitrogens is 1. The number of nitrogens with zero attached hydrogens (tertiary/aromatic N) is 2. The number of hydrogen-bond acceptors (Lipinski definition) is 3. The van der Waals surface area contributed by atoms with Crippen molar-refractivity contribution >= 4 is 17.7 Å². The Morgan fingerprint density at radius 3 is 2.89 bits per heavy atom. The van der Waals surface area contributed by atoms with Crippen LogP contribution in [0.25, 0.3) is 0 Å². The van der Waals surface area contributed by atoms with Crippen LogP contribution in [-0.4, -0.2) is 40.4 Å². The molecule has 1 aromatic rings. The van der Waals surface area contributed by atoms with Gasteiger partial charge in [0.1, 0.15) is 0 Å². The summed E-state index contributed by atoms with van der Waals surface area (Å²) in [6, 6.07) is 2.99. The number of hydrogen-bond donors (Lipinski definition) is 0. The van der Waals surface area contributed by atoms with Gasteiger partial charge in [0.25, 0.3) is 5.91 Å². The molecule has 98 valence electrons. The molecule has 5 heteroatoms. The average Bonchev–Trinajstić information content (AvgIpc) is 2.86. The molecular formula is C13H17FN2OS. The number of halogens is 1. The maximum Gasteiger partial charge on any atom is 0.255 e. The van der Waals surface area contributed by atoms with Gasteiger partial charge in [-0.1, -0.05) is 6.42 Å². The Balaban J connectivity index is 2.11. The molecule has 1 fully saturated rings. The van der Waals surface area contributed by atoms with Gasteiger partial charge in [-0.15, -0.1) is 0 Å². The third kappa shape index (κ3) is 2.66. The predicted octanol–water partition coefficient (Wildman–Crippen LogP) is 2.58. The predicted molar refractivity (Wildman–Crippen MR) is 71.2 cm³/mol. The van der Waals surface area contributed by atoms with Crippen molar-refractivity contribution in [2.24, 2.45) is 0 Å². The number of pyridine rings is 1. The number of thioether (sulfide) groups is 1. The first-order valence-corrected chi connectivity index (χ1v) is 7.33. The van der Waals surface area contributed by atoms with Gasteiger partial charge in [0.05, 0.1) is 5.56 Å². The zero-order chi connectivity index (χ0) is 13.1. The van der Waals surface area contributed by atoms with Crippen LogP contribution >= 0.6 is 11.8 Å². The van der Waals surface area contributed by atoms with Crippen LogP contribution < -0.4 is 0 Å². The van der Waals surface area contributed by atoms with Crippen LogP contribution in [0, 0.1) is 5.95 Å². The van der Waals surface area contributed by atoms with E-state index in [0.717, 1.165) is 19.3 Å². The first-order chi connectivity index (χ1) is 8.63. The Morgan fingerprint density at radius 1 is 1.50 bits per heavy atom. The molecule has 3 nitrogen and oxygen atoms in total. The molecule has 0 saturated heterocycles. The van der Waals surface area contributed by atoms with Gasteiger partial charge in [0, 0.05) is 24.5 Å². The summed E-state index contributed by atoms with van der Waals surface area (Å²) in [5.41, 5.74) is 0.450. The average molecular weight is 268 g/mol. The van der Waals surface area contributed by atoms with Crippen LogP contribution in [0.3, 0.4) is 0 Å². The number of amides is 1. The van der Waals surface area contributed by atoms with Crippen molar-refractivity contribution in [2.45, 2.75) is 30.6 Å². The molecule has 0 radical (unpaired) electrons. The molecular weight excluding hydrogens is 251 g/mol. The van der Waals surface area contributed by atoms with Crippen LogP contribution in [-0.2, 0) is 0 Å². The smallest absolute Gasteiger partial charge is 0.255 e. The van der Waals surface area contributed by atoms with Crippen LogP contribution in [0.15, 0.2) is 18.3 Å². The Hall–Kier alpha value is -1.10. The molecule has 0 aliphatic heterocycles. The second-order valence-electron chi connectivity index (χ2n) is 4.56. The van der Waals surface area contributed by atoms with E-state index in [1.807, 2.05) is 18.8 Å². The van der Waals surface area contributed by atoms with E-state index in [-0.39, 0.29) is 11.9 Å². The SMILES string of the molecule is CSC1CCCC1N(C)C(=O)c1ccc(F)nc1. The highest BCUT2D eigenvalue weighted by molar-refractivity contribution is 7.99. The number of carbonyl (C=O) groups is 1. The summed E-state index contributed by atoms with van der Waals surface area (Å²) in [7, 11) is 1.82. The minimum absolute atomic E-state index is 0.0755. The van der Waals surface area contributed by atoms with Crippen molar-refractivity contribution in [1.29, 1.82) is 0 Å². The fourth-order valence-electron chi connectivity index (χ4n) is 2.48. The highest BCUT2D eigenvalue weighted by Gasteiger charge is 2.32. The standard InChI is InChI=1S/C13H17FN2OS/c1-16(10-4-3-5-11(10)18-2)13(17)9-6-7-12(14)15-8-9/h6-8,10-11H,3-5H2,1-2H3. The van der Waals surface area contributed by atoms with E-state index in [1.165, 1.54) is 18.3 Å². The number of carbonyl (C=O) groups excluding carboxylic acids is 1. The lowest BCUT2D eigenvalue weighted by Gasteiger charge is -2.28. The molecule has 2 unspecified atom stereocenters. The summed E-state index contributed by atoms with van der Waals surface area (Å²) >= 11 is 1.81. The molecule has 0 N–H and O–H groups in total. The molecule has 0 bridgehead atoms. The lowest BCUT2D eigenvalue weighted by molar-refractivity contribution is 0.0738. The molecule has 1 aromatic heterocycles. The third-order valence-electron chi connectivity index (χ3n) is 3.51. The van der Waals surface area contributed by atoms with E-state index in [2.05, 4.69) is 11.2 Å². The quantitative estimate of drug-likeness (QED) is 0.790. The topological polar surface area (TPSA) is 33.2 Å². The fourth-order valence-corrected chi connectivity index (χ4v) is 3.52. The first-order valence-electron chi connectivity index (χ1n) is 6.05. The van der Waals surface area contributed by atoms with Crippen molar-refractivity contribution in [2.75, 3.05) is 13.3 Å². The highest BCUT2D eigenvalue weighted by Crippen LogP contribution is 2.32. The van der Waals surface area contributed by atoms with Crippen LogP contribution in [0.1, 0.15) is 29.6 Å². The summed E-state index contributed by atoms with van der Waals surface area (Å²) < 4.78 is 12.7. The van der Waals surface area contributed by atoms with Crippen molar-refractivity contribution in [3.63, 3.8) is 0 Å². The van der Waals surface area contributed by atoms with Gasteiger partial charge in [-0.2, -0.15) is 16.2 Å². The molecule has 2 atom stereocenters. The Bertz CT molecular complexity index is 424. The number of rotatable bonds is 3. The molecule has 1 amide bonds. The summed E-state index contributed by atoms with van der Waals surface area (Å²) in [5.74, 6) is -0.634. The minimum atomic E-state index is -0.558. The summed E-state index contributed by atoms with van der Waals surface area (Å²) in [6.07, 6.45) is 6.75. The zero-order valence-electron chi connectivity index (χ0n) is 10.6. The van der Waals surface area contributed by atoms with Gasteiger partial charge in [0.2, 0.25) is 5.95 Å². The molecule has 1 aliphatic rings. The van der Waals surface area contributed by atoms with E-state index >= 15 is 0 Å². The molecule has 0 aromatic carbocycles. The van der Waals surface area contributed by atoms with Gasteiger partial charge in [-0.3, -0.25) is 4.79 Å². The van der Waals surface area contributed by atoms with Gasteiger partial charge in [-0.05, 0) is 31.2 Å².